The standard InChI is InChI=1S/C13H18N2O/c1-9(2)10-4-5-13(16-3)11(6-10)7-12(15)8-14/h4-6,9,12H,7,15H2,1-3H3. The third-order valence-electron chi connectivity index (χ3n) is 2.58. The maximum Gasteiger partial charge on any atom is 0.122 e. The predicted octanol–water partition coefficient (Wildman–Crippen LogP) is 2.21. The number of nitriles is 1. The summed E-state index contributed by atoms with van der Waals surface area (Å²) >= 11 is 0. The molecule has 0 fully saturated rings. The monoisotopic (exact) mass is 218 g/mol. The molecule has 0 heterocycles. The molecule has 0 bridgehead atoms. The molecular weight excluding hydrogens is 200 g/mol. The third-order valence-corrected chi connectivity index (χ3v) is 2.58. The maximum absolute atomic E-state index is 8.72. The Morgan fingerprint density at radius 3 is 2.62 bits per heavy atom. The van der Waals surface area contributed by atoms with Crippen LogP contribution in [0.4, 0.5) is 0 Å². The highest BCUT2D eigenvalue weighted by Crippen LogP contribution is 2.24. The summed E-state index contributed by atoms with van der Waals surface area (Å²) in [4.78, 5) is 0. The molecule has 1 rings (SSSR count). The smallest absolute Gasteiger partial charge is 0.122 e. The zero-order valence-electron chi connectivity index (χ0n) is 10.0. The lowest BCUT2D eigenvalue weighted by molar-refractivity contribution is 0.408. The minimum absolute atomic E-state index is 0.461. The van der Waals surface area contributed by atoms with Gasteiger partial charge in [-0.15, -0.1) is 0 Å². The van der Waals surface area contributed by atoms with Gasteiger partial charge in [0.05, 0.1) is 19.2 Å². The summed E-state index contributed by atoms with van der Waals surface area (Å²) in [5.41, 5.74) is 7.88. The quantitative estimate of drug-likeness (QED) is 0.842. The SMILES string of the molecule is COc1ccc(C(C)C)cc1CC(N)C#N. The van der Waals surface area contributed by atoms with E-state index in [0.29, 0.717) is 12.3 Å². The molecule has 0 saturated carbocycles. The van der Waals surface area contributed by atoms with Crippen LogP contribution in [0.3, 0.4) is 0 Å². The highest BCUT2D eigenvalue weighted by molar-refractivity contribution is 5.39. The molecule has 0 radical (unpaired) electrons. The number of hydrogen-bond acceptors (Lipinski definition) is 3. The predicted molar refractivity (Wildman–Crippen MR) is 64.4 cm³/mol. The van der Waals surface area contributed by atoms with Crippen molar-refractivity contribution >= 4 is 0 Å². The van der Waals surface area contributed by atoms with Gasteiger partial charge in [-0.25, -0.2) is 0 Å². The van der Waals surface area contributed by atoms with Gasteiger partial charge in [0.2, 0.25) is 0 Å². The summed E-state index contributed by atoms with van der Waals surface area (Å²) in [6.07, 6.45) is 0.528. The second-order valence-corrected chi connectivity index (χ2v) is 4.17. The van der Waals surface area contributed by atoms with Crippen molar-refractivity contribution < 1.29 is 4.74 Å². The molecular formula is C13H18N2O. The van der Waals surface area contributed by atoms with E-state index >= 15 is 0 Å². The van der Waals surface area contributed by atoms with E-state index in [0.717, 1.165) is 11.3 Å². The van der Waals surface area contributed by atoms with E-state index in [1.165, 1.54) is 5.56 Å². The first-order chi connectivity index (χ1) is 7.58. The average Bonchev–Trinajstić information content (AvgIpc) is 2.28. The fourth-order valence-electron chi connectivity index (χ4n) is 1.60. The van der Waals surface area contributed by atoms with Crippen molar-refractivity contribution in [2.24, 2.45) is 5.73 Å². The molecule has 3 heteroatoms. The van der Waals surface area contributed by atoms with Crippen LogP contribution in [0.2, 0.25) is 0 Å². The van der Waals surface area contributed by atoms with Crippen LogP contribution in [-0.4, -0.2) is 13.2 Å². The van der Waals surface area contributed by atoms with Crippen molar-refractivity contribution in [1.82, 2.24) is 0 Å². The molecule has 1 aromatic rings. The largest absolute Gasteiger partial charge is 0.496 e. The van der Waals surface area contributed by atoms with E-state index in [1.807, 2.05) is 18.2 Å². The third kappa shape index (κ3) is 2.98. The second kappa shape index (κ2) is 5.53. The molecule has 86 valence electrons. The summed E-state index contributed by atoms with van der Waals surface area (Å²) in [7, 11) is 1.63. The van der Waals surface area contributed by atoms with Gasteiger partial charge in [-0.05, 0) is 23.1 Å². The van der Waals surface area contributed by atoms with Crippen LogP contribution in [0.25, 0.3) is 0 Å². The second-order valence-electron chi connectivity index (χ2n) is 4.17. The Labute approximate surface area is 96.8 Å². The fraction of sp³-hybridized carbons (Fsp3) is 0.462. The van der Waals surface area contributed by atoms with Gasteiger partial charge in [-0.1, -0.05) is 26.0 Å². The van der Waals surface area contributed by atoms with Crippen molar-refractivity contribution in [2.75, 3.05) is 7.11 Å². The zero-order chi connectivity index (χ0) is 12.1. The molecule has 1 aromatic carbocycles. The Morgan fingerprint density at radius 1 is 1.44 bits per heavy atom. The molecule has 1 atom stereocenters. The molecule has 3 nitrogen and oxygen atoms in total. The Kier molecular flexibility index (Phi) is 4.33. The van der Waals surface area contributed by atoms with E-state index in [-0.39, 0.29) is 0 Å². The summed E-state index contributed by atoms with van der Waals surface area (Å²) in [6, 6.07) is 7.62. The van der Waals surface area contributed by atoms with Crippen molar-refractivity contribution in [1.29, 1.82) is 5.26 Å². The van der Waals surface area contributed by atoms with Crippen LogP contribution >= 0.6 is 0 Å². The van der Waals surface area contributed by atoms with Crippen molar-refractivity contribution in [3.63, 3.8) is 0 Å². The Balaban J connectivity index is 3.03. The molecule has 0 aromatic heterocycles. The molecule has 0 aliphatic carbocycles. The summed E-state index contributed by atoms with van der Waals surface area (Å²) in [5, 5.41) is 8.72. The summed E-state index contributed by atoms with van der Waals surface area (Å²) in [5.74, 6) is 1.26. The van der Waals surface area contributed by atoms with Gasteiger partial charge < -0.3 is 10.5 Å². The van der Waals surface area contributed by atoms with Crippen LogP contribution in [0, 0.1) is 11.3 Å². The highest BCUT2D eigenvalue weighted by atomic mass is 16.5. The van der Waals surface area contributed by atoms with E-state index in [2.05, 4.69) is 19.9 Å². The number of nitrogens with two attached hydrogens (primary N) is 1. The maximum atomic E-state index is 8.72. The van der Waals surface area contributed by atoms with Crippen LogP contribution in [0.15, 0.2) is 18.2 Å². The molecule has 0 saturated heterocycles. The normalized spacial score (nSPS) is 12.2. The number of methoxy groups -OCH3 is 1. The number of benzene rings is 1. The summed E-state index contributed by atoms with van der Waals surface area (Å²) < 4.78 is 5.26. The van der Waals surface area contributed by atoms with Gasteiger partial charge in [0.1, 0.15) is 5.75 Å². The first-order valence-electron chi connectivity index (χ1n) is 5.40. The van der Waals surface area contributed by atoms with Crippen molar-refractivity contribution in [2.45, 2.75) is 32.2 Å². The molecule has 2 N–H and O–H groups in total. The summed E-state index contributed by atoms with van der Waals surface area (Å²) in [6.45, 7) is 4.27. The first-order valence-corrected chi connectivity index (χ1v) is 5.40. The molecule has 0 aliphatic rings. The average molecular weight is 218 g/mol. The molecule has 0 aliphatic heterocycles. The number of nitrogens with zero attached hydrogens (tertiary/aromatic N) is 1. The van der Waals surface area contributed by atoms with Crippen LogP contribution in [0.5, 0.6) is 5.75 Å². The fourth-order valence-corrected chi connectivity index (χ4v) is 1.60. The molecule has 0 spiro atoms. The number of hydrogen-bond donors (Lipinski definition) is 1. The lowest BCUT2D eigenvalue weighted by Crippen LogP contribution is -2.20. The van der Waals surface area contributed by atoms with E-state index in [1.54, 1.807) is 7.11 Å². The minimum Gasteiger partial charge on any atom is -0.496 e. The van der Waals surface area contributed by atoms with Gasteiger partial charge in [-0.3, -0.25) is 0 Å². The van der Waals surface area contributed by atoms with E-state index < -0.39 is 6.04 Å². The van der Waals surface area contributed by atoms with Gasteiger partial charge in [-0.2, -0.15) is 5.26 Å². The van der Waals surface area contributed by atoms with E-state index in [4.69, 9.17) is 15.7 Å². The minimum atomic E-state index is -0.476. The van der Waals surface area contributed by atoms with E-state index in [9.17, 15) is 0 Å². The van der Waals surface area contributed by atoms with Crippen molar-refractivity contribution in [3.8, 4) is 11.8 Å². The first kappa shape index (κ1) is 12.5. The van der Waals surface area contributed by atoms with Crippen molar-refractivity contribution in [3.05, 3.63) is 29.3 Å². The molecule has 1 unspecified atom stereocenters. The number of ether oxygens (including phenoxy) is 1. The van der Waals surface area contributed by atoms with Gasteiger partial charge in [0.25, 0.3) is 0 Å². The molecule has 0 amide bonds. The van der Waals surface area contributed by atoms with Gasteiger partial charge in [0.15, 0.2) is 0 Å². The molecule has 16 heavy (non-hydrogen) atoms. The van der Waals surface area contributed by atoms with Gasteiger partial charge in [0, 0.05) is 6.42 Å². The van der Waals surface area contributed by atoms with Crippen LogP contribution in [0.1, 0.15) is 30.9 Å². The van der Waals surface area contributed by atoms with Crippen LogP contribution in [-0.2, 0) is 6.42 Å². The Hall–Kier alpha value is -1.53. The Morgan fingerprint density at radius 2 is 2.12 bits per heavy atom. The number of rotatable bonds is 4. The lowest BCUT2D eigenvalue weighted by Gasteiger charge is -2.13. The zero-order valence-corrected chi connectivity index (χ0v) is 10.0. The highest BCUT2D eigenvalue weighted by Gasteiger charge is 2.10. The van der Waals surface area contributed by atoms with Crippen LogP contribution < -0.4 is 10.5 Å². The Bertz CT molecular complexity index is 393. The van der Waals surface area contributed by atoms with Gasteiger partial charge >= 0.3 is 0 Å². The lowest BCUT2D eigenvalue weighted by atomic mass is 9.97. The topological polar surface area (TPSA) is 59.0 Å².